The highest BCUT2D eigenvalue weighted by Gasteiger charge is 2.46. The van der Waals surface area contributed by atoms with Gasteiger partial charge in [0.2, 0.25) is 0 Å². The van der Waals surface area contributed by atoms with E-state index in [0.717, 1.165) is 12.8 Å². The standard InChI is InChI=1S/C13H30O4Si/c1-5-6-7-8-9-10-11-12-13(14)18(15-2,16-3)17-4/h13-14H,5-12H2,1-4H3. The SMILES string of the molecule is CCCCCCCCCC(O)[Si](OC)(OC)OC. The molecule has 0 heterocycles. The predicted octanol–water partition coefficient (Wildman–Crippen LogP) is 2.91. The van der Waals surface area contributed by atoms with E-state index in [0.29, 0.717) is 6.42 Å². The van der Waals surface area contributed by atoms with E-state index in [1.165, 1.54) is 53.4 Å². The Kier molecular flexibility index (Phi) is 11.0. The molecule has 18 heavy (non-hydrogen) atoms. The van der Waals surface area contributed by atoms with Crippen LogP contribution in [-0.2, 0) is 13.3 Å². The first-order valence-electron chi connectivity index (χ1n) is 7.00. The molecule has 1 atom stereocenters. The largest absolute Gasteiger partial charge is 0.530 e. The molecule has 0 fully saturated rings. The number of unbranched alkanes of at least 4 members (excludes halogenated alkanes) is 6. The summed E-state index contributed by atoms with van der Waals surface area (Å²) in [5, 5.41) is 10.1. The van der Waals surface area contributed by atoms with Gasteiger partial charge in [-0.15, -0.1) is 0 Å². The zero-order chi connectivity index (χ0) is 13.9. The summed E-state index contributed by atoms with van der Waals surface area (Å²) >= 11 is 0. The van der Waals surface area contributed by atoms with Gasteiger partial charge in [-0.2, -0.15) is 0 Å². The molecule has 0 spiro atoms. The van der Waals surface area contributed by atoms with E-state index in [1.54, 1.807) is 0 Å². The maximum atomic E-state index is 10.1. The lowest BCUT2D eigenvalue weighted by atomic mass is 10.1. The van der Waals surface area contributed by atoms with Crippen LogP contribution in [0, 0.1) is 0 Å². The normalized spacial score (nSPS) is 13.8. The molecule has 1 N–H and O–H groups in total. The molecule has 0 radical (unpaired) electrons. The van der Waals surface area contributed by atoms with Gasteiger partial charge >= 0.3 is 8.80 Å². The van der Waals surface area contributed by atoms with Crippen molar-refractivity contribution >= 4 is 8.80 Å². The summed E-state index contributed by atoms with van der Waals surface area (Å²) in [6, 6.07) is 0. The number of rotatable bonds is 12. The fourth-order valence-corrected chi connectivity index (χ4v) is 4.00. The molecular formula is C13H30O4Si. The lowest BCUT2D eigenvalue weighted by Crippen LogP contribution is -2.54. The molecule has 4 nitrogen and oxygen atoms in total. The molecule has 0 saturated carbocycles. The van der Waals surface area contributed by atoms with Crippen LogP contribution in [0.25, 0.3) is 0 Å². The van der Waals surface area contributed by atoms with Gasteiger partial charge < -0.3 is 18.4 Å². The third kappa shape index (κ3) is 6.29. The van der Waals surface area contributed by atoms with E-state index in [-0.39, 0.29) is 0 Å². The van der Waals surface area contributed by atoms with Crippen molar-refractivity contribution in [3.05, 3.63) is 0 Å². The second-order valence-electron chi connectivity index (χ2n) is 4.64. The highest BCUT2D eigenvalue weighted by molar-refractivity contribution is 6.61. The van der Waals surface area contributed by atoms with Gasteiger partial charge in [0.1, 0.15) is 5.73 Å². The minimum atomic E-state index is -2.85. The Morgan fingerprint density at radius 2 is 1.28 bits per heavy atom. The molecule has 0 aromatic heterocycles. The van der Waals surface area contributed by atoms with Crippen LogP contribution in [0.1, 0.15) is 58.3 Å². The van der Waals surface area contributed by atoms with Gasteiger partial charge in [0.15, 0.2) is 0 Å². The molecule has 0 aromatic rings. The number of hydrogen-bond donors (Lipinski definition) is 1. The zero-order valence-electron chi connectivity index (χ0n) is 12.4. The molecule has 110 valence electrons. The summed E-state index contributed by atoms with van der Waals surface area (Å²) in [6.07, 6.45) is 9.32. The molecular weight excluding hydrogens is 248 g/mol. The van der Waals surface area contributed by atoms with Gasteiger partial charge in [-0.1, -0.05) is 51.9 Å². The van der Waals surface area contributed by atoms with Crippen LogP contribution in [0.5, 0.6) is 0 Å². The second-order valence-corrected chi connectivity index (χ2v) is 7.74. The van der Waals surface area contributed by atoms with Gasteiger partial charge in [0, 0.05) is 21.3 Å². The van der Waals surface area contributed by atoms with Crippen molar-refractivity contribution in [1.82, 2.24) is 0 Å². The summed E-state index contributed by atoms with van der Waals surface area (Å²) in [5.41, 5.74) is -0.617. The van der Waals surface area contributed by atoms with Crippen molar-refractivity contribution in [3.63, 3.8) is 0 Å². The first-order valence-corrected chi connectivity index (χ1v) is 8.80. The average Bonchev–Trinajstić information content (AvgIpc) is 2.40. The van der Waals surface area contributed by atoms with E-state index < -0.39 is 14.5 Å². The van der Waals surface area contributed by atoms with Gasteiger partial charge in [0.25, 0.3) is 0 Å². The zero-order valence-corrected chi connectivity index (χ0v) is 13.4. The van der Waals surface area contributed by atoms with Crippen LogP contribution in [-0.4, -0.2) is 41.0 Å². The average molecular weight is 278 g/mol. The molecule has 0 rings (SSSR count). The van der Waals surface area contributed by atoms with Crippen LogP contribution in [0.4, 0.5) is 0 Å². The highest BCUT2D eigenvalue weighted by Crippen LogP contribution is 2.18. The Balaban J connectivity index is 3.71. The molecule has 0 amide bonds. The molecule has 0 aliphatic heterocycles. The Hall–Kier alpha value is 0.0569. The fourth-order valence-electron chi connectivity index (χ4n) is 2.13. The van der Waals surface area contributed by atoms with E-state index in [4.69, 9.17) is 13.3 Å². The molecule has 0 saturated heterocycles. The summed E-state index contributed by atoms with van der Waals surface area (Å²) in [5.74, 6) is 0. The Bertz CT molecular complexity index is 178. The maximum Gasteiger partial charge on any atom is 0.530 e. The van der Waals surface area contributed by atoms with Gasteiger partial charge in [-0.05, 0) is 6.42 Å². The number of aliphatic hydroxyl groups excluding tert-OH is 1. The summed E-state index contributed by atoms with van der Waals surface area (Å²) in [7, 11) is 1.76. The Morgan fingerprint density at radius 1 is 0.833 bits per heavy atom. The number of hydrogen-bond acceptors (Lipinski definition) is 4. The van der Waals surface area contributed by atoms with Crippen LogP contribution in [0.15, 0.2) is 0 Å². The van der Waals surface area contributed by atoms with E-state index in [1.807, 2.05) is 0 Å². The molecule has 0 bridgehead atoms. The monoisotopic (exact) mass is 278 g/mol. The minimum Gasteiger partial charge on any atom is -0.389 e. The highest BCUT2D eigenvalue weighted by atomic mass is 28.4. The van der Waals surface area contributed by atoms with E-state index in [9.17, 15) is 5.11 Å². The van der Waals surface area contributed by atoms with Crippen molar-refractivity contribution in [3.8, 4) is 0 Å². The second kappa shape index (κ2) is 10.9. The van der Waals surface area contributed by atoms with Gasteiger partial charge in [-0.3, -0.25) is 0 Å². The minimum absolute atomic E-state index is 0.617. The Morgan fingerprint density at radius 3 is 1.72 bits per heavy atom. The van der Waals surface area contributed by atoms with Crippen molar-refractivity contribution in [1.29, 1.82) is 0 Å². The van der Waals surface area contributed by atoms with Crippen molar-refractivity contribution in [2.24, 2.45) is 0 Å². The topological polar surface area (TPSA) is 47.9 Å². The van der Waals surface area contributed by atoms with E-state index >= 15 is 0 Å². The van der Waals surface area contributed by atoms with Gasteiger partial charge in [-0.25, -0.2) is 0 Å². The van der Waals surface area contributed by atoms with Crippen LogP contribution in [0.3, 0.4) is 0 Å². The third-order valence-electron chi connectivity index (χ3n) is 3.34. The third-order valence-corrected chi connectivity index (χ3v) is 6.15. The lowest BCUT2D eigenvalue weighted by Gasteiger charge is -2.28. The molecule has 5 heteroatoms. The van der Waals surface area contributed by atoms with Crippen molar-refractivity contribution in [2.45, 2.75) is 64.0 Å². The lowest BCUT2D eigenvalue weighted by molar-refractivity contribution is 0.0544. The first-order chi connectivity index (χ1) is 8.66. The molecule has 0 aliphatic rings. The summed E-state index contributed by atoms with van der Waals surface area (Å²) < 4.78 is 15.8. The quantitative estimate of drug-likeness (QED) is 0.440. The Labute approximate surface area is 113 Å². The fraction of sp³-hybridized carbons (Fsp3) is 1.00. The molecule has 0 aromatic carbocycles. The van der Waals surface area contributed by atoms with Crippen molar-refractivity contribution < 1.29 is 18.4 Å². The van der Waals surface area contributed by atoms with E-state index in [2.05, 4.69) is 6.92 Å². The van der Waals surface area contributed by atoms with Gasteiger partial charge in [0.05, 0.1) is 0 Å². The molecule has 0 aliphatic carbocycles. The number of aliphatic hydroxyl groups is 1. The smallest absolute Gasteiger partial charge is 0.389 e. The maximum absolute atomic E-state index is 10.1. The predicted molar refractivity (Wildman–Crippen MR) is 75.4 cm³/mol. The summed E-state index contributed by atoms with van der Waals surface area (Å²) in [6.45, 7) is 2.22. The first kappa shape index (κ1) is 18.1. The van der Waals surface area contributed by atoms with Crippen LogP contribution < -0.4 is 0 Å². The summed E-state index contributed by atoms with van der Waals surface area (Å²) in [4.78, 5) is 0. The van der Waals surface area contributed by atoms with Crippen molar-refractivity contribution in [2.75, 3.05) is 21.3 Å². The van der Waals surface area contributed by atoms with Crippen LogP contribution >= 0.6 is 0 Å². The van der Waals surface area contributed by atoms with Crippen LogP contribution in [0.2, 0.25) is 0 Å². The molecule has 1 unspecified atom stereocenters.